The van der Waals surface area contributed by atoms with E-state index in [4.69, 9.17) is 9.47 Å². The molecule has 210 valence electrons. The third-order valence-electron chi connectivity index (χ3n) is 8.18. The van der Waals surface area contributed by atoms with Crippen LogP contribution >= 0.6 is 0 Å². The fraction of sp³-hybridized carbons (Fsp3) is 0.467. The standard InChI is InChI=1S/C30H37N7O3/c1-3-21-8-11-27-23(17-21)18-26(30(38)31-27)28(29-32-33-34-37(29)20-25-5-4-16-40-25)36-14-12-35(13-15-36)19-22-6-9-24(39-2)10-7-22/h6-11,17-18,25,28H,3-5,12-16,19-20H2,1-2H3,(H,31,38)/t25-,28+/m0/s1. The van der Waals surface area contributed by atoms with Crippen LogP contribution in [0.3, 0.4) is 0 Å². The first-order valence-corrected chi connectivity index (χ1v) is 14.2. The summed E-state index contributed by atoms with van der Waals surface area (Å²) in [6.07, 6.45) is 3.06. The summed E-state index contributed by atoms with van der Waals surface area (Å²) in [7, 11) is 1.69. The molecule has 4 heterocycles. The third kappa shape index (κ3) is 5.65. The zero-order valence-electron chi connectivity index (χ0n) is 23.3. The van der Waals surface area contributed by atoms with Crippen molar-refractivity contribution in [3.8, 4) is 5.75 Å². The van der Waals surface area contributed by atoms with Crippen LogP contribution in [0.25, 0.3) is 10.9 Å². The number of methoxy groups -OCH3 is 1. The van der Waals surface area contributed by atoms with Gasteiger partial charge >= 0.3 is 0 Å². The van der Waals surface area contributed by atoms with E-state index in [1.54, 1.807) is 7.11 Å². The number of nitrogens with zero attached hydrogens (tertiary/aromatic N) is 6. The van der Waals surface area contributed by atoms with Crippen LogP contribution in [-0.4, -0.2) is 81.0 Å². The van der Waals surface area contributed by atoms with E-state index in [0.29, 0.717) is 17.9 Å². The first-order chi connectivity index (χ1) is 19.6. The van der Waals surface area contributed by atoms with Gasteiger partial charge < -0.3 is 14.5 Å². The molecular weight excluding hydrogens is 506 g/mol. The van der Waals surface area contributed by atoms with Crippen LogP contribution < -0.4 is 10.3 Å². The molecule has 2 aromatic carbocycles. The lowest BCUT2D eigenvalue weighted by Gasteiger charge is -2.38. The van der Waals surface area contributed by atoms with Crippen LogP contribution in [0.15, 0.2) is 53.3 Å². The number of aromatic nitrogens is 5. The van der Waals surface area contributed by atoms with E-state index in [1.807, 2.05) is 28.9 Å². The predicted octanol–water partition coefficient (Wildman–Crippen LogP) is 3.17. The molecule has 4 aromatic rings. The van der Waals surface area contributed by atoms with Crippen molar-refractivity contribution in [1.82, 2.24) is 35.0 Å². The lowest BCUT2D eigenvalue weighted by Crippen LogP contribution is -2.48. The molecule has 0 amide bonds. The number of piperazine rings is 1. The molecule has 0 saturated carbocycles. The number of benzene rings is 2. The summed E-state index contributed by atoms with van der Waals surface area (Å²) in [5.41, 5.74) is 3.90. The van der Waals surface area contributed by atoms with E-state index >= 15 is 0 Å². The minimum absolute atomic E-state index is 0.0891. The molecule has 2 saturated heterocycles. The number of ether oxygens (including phenoxy) is 2. The number of aryl methyl sites for hydroxylation is 1. The van der Waals surface area contributed by atoms with Gasteiger partial charge in [0.25, 0.3) is 5.56 Å². The molecule has 10 nitrogen and oxygen atoms in total. The Morgan fingerprint density at radius 1 is 1.07 bits per heavy atom. The highest BCUT2D eigenvalue weighted by atomic mass is 16.5. The Balaban J connectivity index is 1.30. The lowest BCUT2D eigenvalue weighted by molar-refractivity contribution is 0.0840. The van der Waals surface area contributed by atoms with E-state index in [0.717, 1.165) is 75.2 Å². The maximum atomic E-state index is 13.6. The molecule has 0 unspecified atom stereocenters. The maximum absolute atomic E-state index is 13.6. The molecule has 2 aliphatic rings. The maximum Gasteiger partial charge on any atom is 0.253 e. The summed E-state index contributed by atoms with van der Waals surface area (Å²) in [6, 6.07) is 16.1. The smallest absolute Gasteiger partial charge is 0.253 e. The van der Waals surface area contributed by atoms with E-state index in [-0.39, 0.29) is 17.7 Å². The van der Waals surface area contributed by atoms with Crippen molar-refractivity contribution in [2.75, 3.05) is 39.9 Å². The molecule has 6 rings (SSSR count). The molecule has 0 aliphatic carbocycles. The van der Waals surface area contributed by atoms with Gasteiger partial charge in [-0.3, -0.25) is 14.6 Å². The molecule has 2 atom stereocenters. The van der Waals surface area contributed by atoms with Crippen molar-refractivity contribution in [3.05, 3.63) is 81.4 Å². The second-order valence-electron chi connectivity index (χ2n) is 10.7. The second kappa shape index (κ2) is 11.9. The van der Waals surface area contributed by atoms with Crippen molar-refractivity contribution in [1.29, 1.82) is 0 Å². The zero-order chi connectivity index (χ0) is 27.5. The highest BCUT2D eigenvalue weighted by molar-refractivity contribution is 5.80. The van der Waals surface area contributed by atoms with Gasteiger partial charge in [-0.2, -0.15) is 0 Å². The van der Waals surface area contributed by atoms with Gasteiger partial charge in [-0.05, 0) is 76.5 Å². The lowest BCUT2D eigenvalue weighted by atomic mass is 10.0. The van der Waals surface area contributed by atoms with Crippen molar-refractivity contribution < 1.29 is 9.47 Å². The van der Waals surface area contributed by atoms with Gasteiger partial charge in [0, 0.05) is 50.4 Å². The predicted molar refractivity (Wildman–Crippen MR) is 152 cm³/mol. The van der Waals surface area contributed by atoms with Gasteiger partial charge in [0.1, 0.15) is 11.8 Å². The van der Waals surface area contributed by atoms with Crippen LogP contribution in [0.5, 0.6) is 5.75 Å². The number of hydrogen-bond donors (Lipinski definition) is 1. The zero-order valence-corrected chi connectivity index (χ0v) is 23.3. The highest BCUT2D eigenvalue weighted by Crippen LogP contribution is 2.29. The largest absolute Gasteiger partial charge is 0.497 e. The Bertz CT molecular complexity index is 1490. The summed E-state index contributed by atoms with van der Waals surface area (Å²) < 4.78 is 13.0. The topological polar surface area (TPSA) is 101 Å². The van der Waals surface area contributed by atoms with Crippen molar-refractivity contribution in [2.24, 2.45) is 0 Å². The number of pyridine rings is 1. The van der Waals surface area contributed by atoms with Gasteiger partial charge in [-0.25, -0.2) is 4.68 Å². The van der Waals surface area contributed by atoms with Gasteiger partial charge in [0.05, 0.1) is 19.8 Å². The Morgan fingerprint density at radius 3 is 2.60 bits per heavy atom. The summed E-state index contributed by atoms with van der Waals surface area (Å²) in [4.78, 5) is 21.5. The Kier molecular flexibility index (Phi) is 7.90. The molecule has 2 aliphatic heterocycles. The Morgan fingerprint density at radius 2 is 1.88 bits per heavy atom. The fourth-order valence-corrected chi connectivity index (χ4v) is 5.88. The second-order valence-corrected chi connectivity index (χ2v) is 10.7. The number of H-pyrrole nitrogens is 1. The third-order valence-corrected chi connectivity index (χ3v) is 8.18. The highest BCUT2D eigenvalue weighted by Gasteiger charge is 2.33. The van der Waals surface area contributed by atoms with Gasteiger partial charge in [0.15, 0.2) is 5.82 Å². The number of fused-ring (bicyclic) bond motifs is 1. The average molecular weight is 544 g/mol. The average Bonchev–Trinajstić information content (AvgIpc) is 3.67. The SMILES string of the molecule is CCc1ccc2[nH]c(=O)c([C@H](c3nnnn3C[C@@H]3CCCO3)N3CCN(Cc4ccc(OC)cc4)CC3)cc2c1. The quantitative estimate of drug-likeness (QED) is 0.344. The molecule has 0 spiro atoms. The summed E-state index contributed by atoms with van der Waals surface area (Å²) in [5.74, 6) is 1.56. The van der Waals surface area contributed by atoms with Gasteiger partial charge in [-0.15, -0.1) is 5.10 Å². The first kappa shape index (κ1) is 26.6. The van der Waals surface area contributed by atoms with Crippen LogP contribution in [0.2, 0.25) is 0 Å². The molecule has 1 N–H and O–H groups in total. The minimum atomic E-state index is -0.363. The van der Waals surface area contributed by atoms with E-state index in [2.05, 4.69) is 61.5 Å². The monoisotopic (exact) mass is 543 g/mol. The number of aromatic amines is 1. The minimum Gasteiger partial charge on any atom is -0.497 e. The molecule has 0 bridgehead atoms. The molecular formula is C30H37N7O3. The van der Waals surface area contributed by atoms with E-state index in [9.17, 15) is 4.79 Å². The number of hydrogen-bond acceptors (Lipinski definition) is 8. The van der Waals surface area contributed by atoms with Gasteiger partial charge in [0.2, 0.25) is 0 Å². The molecule has 0 radical (unpaired) electrons. The van der Waals surface area contributed by atoms with E-state index < -0.39 is 0 Å². The van der Waals surface area contributed by atoms with Crippen LogP contribution in [-0.2, 0) is 24.2 Å². The Hall–Kier alpha value is -3.60. The normalized spacial score (nSPS) is 19.3. The summed E-state index contributed by atoms with van der Waals surface area (Å²) in [5, 5.41) is 13.9. The number of rotatable bonds is 9. The van der Waals surface area contributed by atoms with Gasteiger partial charge in [-0.1, -0.05) is 25.1 Å². The van der Waals surface area contributed by atoms with Crippen LogP contribution in [0.1, 0.15) is 48.3 Å². The van der Waals surface area contributed by atoms with Crippen LogP contribution in [0, 0.1) is 0 Å². The van der Waals surface area contributed by atoms with Crippen molar-refractivity contribution in [3.63, 3.8) is 0 Å². The molecule has 40 heavy (non-hydrogen) atoms. The molecule has 2 fully saturated rings. The molecule has 10 heteroatoms. The van der Waals surface area contributed by atoms with Crippen molar-refractivity contribution >= 4 is 10.9 Å². The van der Waals surface area contributed by atoms with Crippen molar-refractivity contribution in [2.45, 2.75) is 51.4 Å². The summed E-state index contributed by atoms with van der Waals surface area (Å²) >= 11 is 0. The van der Waals surface area contributed by atoms with Crippen LogP contribution in [0.4, 0.5) is 0 Å². The molecule has 2 aromatic heterocycles. The Labute approximate surface area is 233 Å². The number of nitrogens with one attached hydrogen (secondary N) is 1. The fourth-order valence-electron chi connectivity index (χ4n) is 5.88. The number of tetrazole rings is 1. The van der Waals surface area contributed by atoms with E-state index in [1.165, 1.54) is 11.1 Å². The first-order valence-electron chi connectivity index (χ1n) is 14.2. The summed E-state index contributed by atoms with van der Waals surface area (Å²) in [6.45, 7) is 7.70.